The summed E-state index contributed by atoms with van der Waals surface area (Å²) in [5, 5.41) is 3.41. The molecule has 1 N–H and O–H groups in total. The van der Waals surface area contributed by atoms with E-state index in [1.165, 1.54) is 18.4 Å². The fraction of sp³-hybridized carbons (Fsp3) is 0.600. The van der Waals surface area contributed by atoms with Crippen molar-refractivity contribution in [2.45, 2.75) is 38.9 Å². The molecule has 2 aliphatic heterocycles. The van der Waals surface area contributed by atoms with Crippen molar-refractivity contribution in [2.75, 3.05) is 13.1 Å². The Morgan fingerprint density at radius 1 is 1.17 bits per heavy atom. The summed E-state index contributed by atoms with van der Waals surface area (Å²) < 4.78 is 11.5. The molecule has 1 fully saturated rings. The molecule has 0 aliphatic carbocycles. The summed E-state index contributed by atoms with van der Waals surface area (Å²) in [4.78, 5) is 0. The van der Waals surface area contributed by atoms with Crippen LogP contribution in [0.15, 0.2) is 18.2 Å². The Bertz CT molecular complexity index is 436. The monoisotopic (exact) mass is 247 g/mol. The van der Waals surface area contributed by atoms with Crippen molar-refractivity contribution in [3.8, 4) is 11.5 Å². The molecule has 0 bridgehead atoms. The normalized spacial score (nSPS) is 22.1. The van der Waals surface area contributed by atoms with E-state index < -0.39 is 5.79 Å². The molecular formula is C15H21NO2. The molecule has 0 aromatic heterocycles. The molecule has 2 aliphatic rings. The van der Waals surface area contributed by atoms with Gasteiger partial charge in [-0.05, 0) is 56.0 Å². The molecule has 0 amide bonds. The summed E-state index contributed by atoms with van der Waals surface area (Å²) in [6, 6.07) is 6.36. The van der Waals surface area contributed by atoms with Gasteiger partial charge in [0.15, 0.2) is 11.5 Å². The van der Waals surface area contributed by atoms with E-state index in [4.69, 9.17) is 9.47 Å². The number of hydrogen-bond acceptors (Lipinski definition) is 3. The third kappa shape index (κ3) is 2.46. The number of fused-ring (bicyclic) bond motifs is 1. The third-order valence-electron chi connectivity index (χ3n) is 3.70. The first-order valence-electron chi connectivity index (χ1n) is 6.84. The van der Waals surface area contributed by atoms with Crippen molar-refractivity contribution in [1.82, 2.24) is 5.32 Å². The minimum absolute atomic E-state index is 0.518. The number of rotatable bonds is 2. The molecule has 2 heterocycles. The summed E-state index contributed by atoms with van der Waals surface area (Å²) in [6.45, 7) is 6.20. The predicted octanol–water partition coefficient (Wildman–Crippen LogP) is 2.74. The van der Waals surface area contributed by atoms with Crippen LogP contribution < -0.4 is 14.8 Å². The van der Waals surface area contributed by atoms with Gasteiger partial charge in [0.1, 0.15) is 0 Å². The van der Waals surface area contributed by atoms with E-state index in [1.54, 1.807) is 0 Å². The van der Waals surface area contributed by atoms with Crippen LogP contribution in [0.3, 0.4) is 0 Å². The molecule has 98 valence electrons. The van der Waals surface area contributed by atoms with E-state index in [0.29, 0.717) is 0 Å². The zero-order valence-corrected chi connectivity index (χ0v) is 11.2. The lowest BCUT2D eigenvalue weighted by Gasteiger charge is -2.22. The van der Waals surface area contributed by atoms with Crippen LogP contribution in [0.25, 0.3) is 0 Å². The number of benzene rings is 1. The molecule has 0 saturated carbocycles. The lowest BCUT2D eigenvalue weighted by molar-refractivity contribution is -0.0431. The van der Waals surface area contributed by atoms with Crippen LogP contribution in [0.2, 0.25) is 0 Å². The maximum absolute atomic E-state index is 5.79. The molecule has 3 heteroatoms. The third-order valence-corrected chi connectivity index (χ3v) is 3.70. The Hall–Kier alpha value is -1.22. The summed E-state index contributed by atoms with van der Waals surface area (Å²) in [7, 11) is 0. The van der Waals surface area contributed by atoms with Crippen LogP contribution >= 0.6 is 0 Å². The van der Waals surface area contributed by atoms with E-state index in [2.05, 4.69) is 17.4 Å². The van der Waals surface area contributed by atoms with Gasteiger partial charge in [-0.25, -0.2) is 0 Å². The summed E-state index contributed by atoms with van der Waals surface area (Å²) >= 11 is 0. The minimum atomic E-state index is -0.518. The molecule has 0 atom stereocenters. The van der Waals surface area contributed by atoms with Gasteiger partial charge in [0.2, 0.25) is 5.79 Å². The Labute approximate surface area is 108 Å². The Kier molecular flexibility index (Phi) is 2.94. The lowest BCUT2D eigenvalue weighted by atomic mass is 9.91. The van der Waals surface area contributed by atoms with Crippen LogP contribution in [-0.4, -0.2) is 18.9 Å². The van der Waals surface area contributed by atoms with Gasteiger partial charge < -0.3 is 14.8 Å². The van der Waals surface area contributed by atoms with Crippen LogP contribution in [0.5, 0.6) is 11.5 Å². The van der Waals surface area contributed by atoms with Gasteiger partial charge in [-0.1, -0.05) is 6.07 Å². The zero-order valence-electron chi connectivity index (χ0n) is 11.2. The Balaban J connectivity index is 1.71. The highest BCUT2D eigenvalue weighted by Gasteiger charge is 2.31. The molecular weight excluding hydrogens is 226 g/mol. The molecule has 0 unspecified atom stereocenters. The number of nitrogens with one attached hydrogen (secondary N) is 1. The van der Waals surface area contributed by atoms with E-state index in [0.717, 1.165) is 36.9 Å². The number of piperidine rings is 1. The molecule has 1 aromatic rings. The van der Waals surface area contributed by atoms with Crippen molar-refractivity contribution in [2.24, 2.45) is 5.92 Å². The van der Waals surface area contributed by atoms with Crippen LogP contribution in [-0.2, 0) is 6.42 Å². The van der Waals surface area contributed by atoms with Gasteiger partial charge in [-0.2, -0.15) is 0 Å². The van der Waals surface area contributed by atoms with Crippen molar-refractivity contribution in [3.63, 3.8) is 0 Å². The Morgan fingerprint density at radius 2 is 1.89 bits per heavy atom. The average Bonchev–Trinajstić information content (AvgIpc) is 2.63. The zero-order chi connectivity index (χ0) is 12.6. The Morgan fingerprint density at radius 3 is 2.67 bits per heavy atom. The van der Waals surface area contributed by atoms with Gasteiger partial charge in [-0.15, -0.1) is 0 Å². The van der Waals surface area contributed by atoms with E-state index in [9.17, 15) is 0 Å². The van der Waals surface area contributed by atoms with E-state index in [1.807, 2.05) is 19.9 Å². The SMILES string of the molecule is CC1(C)Oc2ccc(CC3CCNCC3)cc2O1. The van der Waals surface area contributed by atoms with Gasteiger partial charge in [-0.3, -0.25) is 0 Å². The molecule has 0 spiro atoms. The van der Waals surface area contributed by atoms with Crippen molar-refractivity contribution < 1.29 is 9.47 Å². The largest absolute Gasteiger partial charge is 0.449 e. The van der Waals surface area contributed by atoms with E-state index in [-0.39, 0.29) is 0 Å². The summed E-state index contributed by atoms with van der Waals surface area (Å²) in [5.74, 6) is 2.05. The summed E-state index contributed by atoms with van der Waals surface area (Å²) in [6.07, 6.45) is 3.71. The van der Waals surface area contributed by atoms with Crippen LogP contribution in [0, 0.1) is 5.92 Å². The van der Waals surface area contributed by atoms with Crippen molar-refractivity contribution in [3.05, 3.63) is 23.8 Å². The van der Waals surface area contributed by atoms with Gasteiger partial charge >= 0.3 is 0 Å². The average molecular weight is 247 g/mol. The first-order chi connectivity index (χ1) is 8.62. The number of ether oxygens (including phenoxy) is 2. The first-order valence-corrected chi connectivity index (χ1v) is 6.84. The van der Waals surface area contributed by atoms with Crippen LogP contribution in [0.4, 0.5) is 0 Å². The van der Waals surface area contributed by atoms with Gasteiger partial charge in [0.05, 0.1) is 0 Å². The van der Waals surface area contributed by atoms with E-state index >= 15 is 0 Å². The second kappa shape index (κ2) is 4.47. The fourth-order valence-electron chi connectivity index (χ4n) is 2.81. The maximum atomic E-state index is 5.79. The molecule has 1 saturated heterocycles. The fourth-order valence-corrected chi connectivity index (χ4v) is 2.81. The number of hydrogen-bond donors (Lipinski definition) is 1. The second-order valence-corrected chi connectivity index (χ2v) is 5.78. The van der Waals surface area contributed by atoms with Crippen molar-refractivity contribution >= 4 is 0 Å². The highest BCUT2D eigenvalue weighted by molar-refractivity contribution is 5.45. The predicted molar refractivity (Wildman–Crippen MR) is 71.1 cm³/mol. The highest BCUT2D eigenvalue weighted by atomic mass is 16.7. The van der Waals surface area contributed by atoms with Gasteiger partial charge in [0.25, 0.3) is 0 Å². The molecule has 0 radical (unpaired) electrons. The minimum Gasteiger partial charge on any atom is -0.449 e. The highest BCUT2D eigenvalue weighted by Crippen LogP contribution is 2.40. The summed E-state index contributed by atoms with van der Waals surface area (Å²) in [5.41, 5.74) is 1.36. The molecule has 1 aromatic carbocycles. The molecule has 3 nitrogen and oxygen atoms in total. The lowest BCUT2D eigenvalue weighted by Crippen LogP contribution is -2.29. The molecule has 3 rings (SSSR count). The maximum Gasteiger partial charge on any atom is 0.246 e. The van der Waals surface area contributed by atoms with Crippen LogP contribution in [0.1, 0.15) is 32.3 Å². The smallest absolute Gasteiger partial charge is 0.246 e. The van der Waals surface area contributed by atoms with Gasteiger partial charge in [0, 0.05) is 13.8 Å². The first kappa shape index (κ1) is 11.8. The topological polar surface area (TPSA) is 30.5 Å². The second-order valence-electron chi connectivity index (χ2n) is 5.78. The molecule has 18 heavy (non-hydrogen) atoms. The quantitative estimate of drug-likeness (QED) is 0.871. The standard InChI is InChI=1S/C15H21NO2/c1-15(2)17-13-4-3-12(10-14(13)18-15)9-11-5-7-16-8-6-11/h3-4,10-11,16H,5-9H2,1-2H3. The van der Waals surface area contributed by atoms with Crippen molar-refractivity contribution in [1.29, 1.82) is 0 Å².